The number of rotatable bonds is 4. The summed E-state index contributed by atoms with van der Waals surface area (Å²) < 4.78 is 0. The van der Waals surface area contributed by atoms with E-state index in [1.807, 2.05) is 13.0 Å². The average molecular weight is 249 g/mol. The van der Waals surface area contributed by atoms with Crippen LogP contribution in [0.5, 0.6) is 0 Å². The number of hydrogen-bond donors (Lipinski definition) is 1. The van der Waals surface area contributed by atoms with Crippen LogP contribution in [-0.4, -0.2) is 12.5 Å². The van der Waals surface area contributed by atoms with Crippen molar-refractivity contribution >= 4 is 23.6 Å². The van der Waals surface area contributed by atoms with E-state index in [-0.39, 0.29) is 11.5 Å². The van der Waals surface area contributed by atoms with Crippen molar-refractivity contribution in [3.05, 3.63) is 40.4 Å². The summed E-state index contributed by atoms with van der Waals surface area (Å²) in [5.41, 5.74) is 0.821. The summed E-state index contributed by atoms with van der Waals surface area (Å²) in [6, 6.07) is 8.88. The van der Waals surface area contributed by atoms with Gasteiger partial charge in [-0.1, -0.05) is 30.7 Å². The first-order valence-electron chi connectivity index (χ1n) is 5.33. The van der Waals surface area contributed by atoms with E-state index in [1.54, 1.807) is 24.3 Å². The molecule has 0 spiro atoms. The Labute approximate surface area is 106 Å². The lowest BCUT2D eigenvalue weighted by atomic mass is 10.1. The molecule has 0 saturated heterocycles. The van der Waals surface area contributed by atoms with Crippen LogP contribution in [0.15, 0.2) is 29.8 Å². The number of carbonyl (C=O) groups excluding carboxylic acids is 1. The van der Waals surface area contributed by atoms with Gasteiger partial charge in [0, 0.05) is 11.6 Å². The third-order valence-corrected chi connectivity index (χ3v) is 2.30. The topological polar surface area (TPSA) is 52.9 Å². The van der Waals surface area contributed by atoms with Crippen molar-refractivity contribution in [2.24, 2.45) is 0 Å². The van der Waals surface area contributed by atoms with Crippen LogP contribution in [0.4, 0.5) is 0 Å². The zero-order chi connectivity index (χ0) is 12.7. The van der Waals surface area contributed by atoms with Gasteiger partial charge in [0.15, 0.2) is 0 Å². The lowest BCUT2D eigenvalue weighted by Crippen LogP contribution is -2.25. The van der Waals surface area contributed by atoms with Crippen LogP contribution in [0.1, 0.15) is 18.9 Å². The predicted octanol–water partition coefficient (Wildman–Crippen LogP) is 2.77. The van der Waals surface area contributed by atoms with Crippen molar-refractivity contribution in [2.45, 2.75) is 13.3 Å². The Balaban J connectivity index is 2.87. The molecule has 1 aromatic carbocycles. The lowest BCUT2D eigenvalue weighted by Gasteiger charge is -2.01. The molecule has 3 nitrogen and oxygen atoms in total. The lowest BCUT2D eigenvalue weighted by molar-refractivity contribution is -0.117. The monoisotopic (exact) mass is 248 g/mol. The Kier molecular flexibility index (Phi) is 5.25. The molecule has 0 aliphatic heterocycles. The quantitative estimate of drug-likeness (QED) is 0.658. The van der Waals surface area contributed by atoms with E-state index < -0.39 is 0 Å². The summed E-state index contributed by atoms with van der Waals surface area (Å²) in [5, 5.41) is 12.1. The largest absolute Gasteiger partial charge is 0.351 e. The molecule has 17 heavy (non-hydrogen) atoms. The van der Waals surface area contributed by atoms with Crippen LogP contribution in [0, 0.1) is 11.3 Å². The Morgan fingerprint density at radius 2 is 2.35 bits per heavy atom. The molecule has 1 amide bonds. The second-order valence-corrected chi connectivity index (χ2v) is 3.92. The van der Waals surface area contributed by atoms with Gasteiger partial charge in [-0.3, -0.25) is 4.79 Å². The average Bonchev–Trinajstić information content (AvgIpc) is 2.33. The van der Waals surface area contributed by atoms with E-state index in [2.05, 4.69) is 5.32 Å². The molecule has 1 aromatic rings. The summed E-state index contributed by atoms with van der Waals surface area (Å²) in [6.07, 6.45) is 2.36. The fraction of sp³-hybridized carbons (Fsp3) is 0.231. The van der Waals surface area contributed by atoms with Crippen LogP contribution in [0.3, 0.4) is 0 Å². The van der Waals surface area contributed by atoms with Crippen molar-refractivity contribution < 1.29 is 4.79 Å². The van der Waals surface area contributed by atoms with E-state index in [0.717, 1.165) is 12.0 Å². The molecule has 1 N–H and O–H groups in total. The Morgan fingerprint density at radius 1 is 1.59 bits per heavy atom. The van der Waals surface area contributed by atoms with Gasteiger partial charge in [-0.05, 0) is 30.2 Å². The second-order valence-electron chi connectivity index (χ2n) is 3.48. The molecule has 4 heteroatoms. The molecule has 88 valence electrons. The molecule has 0 fully saturated rings. The number of carbonyl (C=O) groups is 1. The van der Waals surface area contributed by atoms with Gasteiger partial charge >= 0.3 is 0 Å². The highest BCUT2D eigenvalue weighted by molar-refractivity contribution is 6.30. The van der Waals surface area contributed by atoms with Crippen LogP contribution in [0.2, 0.25) is 5.02 Å². The summed E-state index contributed by atoms with van der Waals surface area (Å²) in [5.74, 6) is -0.352. The molecule has 0 saturated carbocycles. The van der Waals surface area contributed by atoms with E-state index in [1.165, 1.54) is 6.08 Å². The van der Waals surface area contributed by atoms with Gasteiger partial charge in [0.2, 0.25) is 0 Å². The molecule has 0 atom stereocenters. The summed E-state index contributed by atoms with van der Waals surface area (Å²) in [4.78, 5) is 11.6. The molecular formula is C13H13ClN2O. The van der Waals surface area contributed by atoms with Crippen molar-refractivity contribution in [3.63, 3.8) is 0 Å². The van der Waals surface area contributed by atoms with Gasteiger partial charge in [0.25, 0.3) is 5.91 Å². The summed E-state index contributed by atoms with van der Waals surface area (Å²) >= 11 is 5.82. The zero-order valence-corrected chi connectivity index (χ0v) is 10.3. The summed E-state index contributed by atoms with van der Waals surface area (Å²) in [6.45, 7) is 2.51. The number of hydrogen-bond acceptors (Lipinski definition) is 2. The van der Waals surface area contributed by atoms with Gasteiger partial charge in [-0.15, -0.1) is 0 Å². The van der Waals surface area contributed by atoms with Crippen LogP contribution in [0.25, 0.3) is 6.08 Å². The number of halogens is 1. The highest BCUT2D eigenvalue weighted by atomic mass is 35.5. The smallest absolute Gasteiger partial charge is 0.261 e. The highest BCUT2D eigenvalue weighted by Crippen LogP contribution is 2.13. The fourth-order valence-corrected chi connectivity index (χ4v) is 1.44. The highest BCUT2D eigenvalue weighted by Gasteiger charge is 2.07. The Morgan fingerprint density at radius 3 is 2.94 bits per heavy atom. The maximum atomic E-state index is 11.6. The van der Waals surface area contributed by atoms with Crippen molar-refractivity contribution in [1.29, 1.82) is 5.26 Å². The van der Waals surface area contributed by atoms with E-state index >= 15 is 0 Å². The standard InChI is InChI=1S/C13H13ClN2O/c1-2-6-16-13(17)11(9-15)7-10-4-3-5-12(14)8-10/h3-5,7-8H,2,6H2,1H3,(H,16,17)/b11-7-. The van der Waals surface area contributed by atoms with Gasteiger partial charge < -0.3 is 5.32 Å². The van der Waals surface area contributed by atoms with E-state index in [0.29, 0.717) is 11.6 Å². The van der Waals surface area contributed by atoms with Gasteiger partial charge in [0.05, 0.1) is 0 Å². The minimum atomic E-state index is -0.352. The molecule has 1 rings (SSSR count). The third-order valence-electron chi connectivity index (χ3n) is 2.06. The maximum absolute atomic E-state index is 11.6. The van der Waals surface area contributed by atoms with Gasteiger partial charge in [-0.25, -0.2) is 0 Å². The Bertz CT molecular complexity index is 475. The minimum Gasteiger partial charge on any atom is -0.351 e. The SMILES string of the molecule is CCCNC(=O)/C(C#N)=C\c1cccc(Cl)c1. The number of nitrogens with zero attached hydrogens (tertiary/aromatic N) is 1. The molecule has 0 radical (unpaired) electrons. The van der Waals surface area contributed by atoms with Crippen molar-refractivity contribution in [2.75, 3.05) is 6.54 Å². The third kappa shape index (κ3) is 4.29. The van der Waals surface area contributed by atoms with Crippen LogP contribution < -0.4 is 5.32 Å². The molecule has 0 unspecified atom stereocenters. The molecule has 0 aliphatic rings. The number of nitriles is 1. The van der Waals surface area contributed by atoms with Crippen LogP contribution >= 0.6 is 11.6 Å². The number of nitrogens with one attached hydrogen (secondary N) is 1. The molecule has 0 aromatic heterocycles. The molecule has 0 heterocycles. The number of amides is 1. The normalized spacial score (nSPS) is 10.8. The van der Waals surface area contributed by atoms with Crippen molar-refractivity contribution in [3.8, 4) is 6.07 Å². The maximum Gasteiger partial charge on any atom is 0.261 e. The minimum absolute atomic E-state index is 0.0840. The van der Waals surface area contributed by atoms with Crippen molar-refractivity contribution in [1.82, 2.24) is 5.32 Å². The van der Waals surface area contributed by atoms with E-state index in [4.69, 9.17) is 16.9 Å². The summed E-state index contributed by atoms with van der Waals surface area (Å²) in [7, 11) is 0. The fourth-order valence-electron chi connectivity index (χ4n) is 1.25. The van der Waals surface area contributed by atoms with Crippen LogP contribution in [-0.2, 0) is 4.79 Å². The second kappa shape index (κ2) is 6.72. The van der Waals surface area contributed by atoms with Gasteiger partial charge in [0.1, 0.15) is 11.6 Å². The molecule has 0 aliphatic carbocycles. The van der Waals surface area contributed by atoms with E-state index in [9.17, 15) is 4.79 Å². The number of benzene rings is 1. The first-order valence-corrected chi connectivity index (χ1v) is 5.70. The zero-order valence-electron chi connectivity index (χ0n) is 9.53. The first-order chi connectivity index (χ1) is 8.17. The predicted molar refractivity (Wildman–Crippen MR) is 68.3 cm³/mol. The molecule has 0 bridgehead atoms. The Hall–Kier alpha value is -1.79. The molecular weight excluding hydrogens is 236 g/mol. The first kappa shape index (κ1) is 13.3. The van der Waals surface area contributed by atoms with Gasteiger partial charge in [-0.2, -0.15) is 5.26 Å².